The third kappa shape index (κ3) is 3.06. The van der Waals surface area contributed by atoms with Gasteiger partial charge in [0, 0.05) is 18.1 Å². The van der Waals surface area contributed by atoms with Crippen molar-refractivity contribution in [2.24, 2.45) is 0 Å². The Morgan fingerprint density at radius 1 is 1.27 bits per heavy atom. The van der Waals surface area contributed by atoms with Gasteiger partial charge in [0.05, 0.1) is 37.3 Å². The molecule has 26 heavy (non-hydrogen) atoms. The lowest BCUT2D eigenvalue weighted by Gasteiger charge is -2.06. The summed E-state index contributed by atoms with van der Waals surface area (Å²) in [7, 11) is 3.22. The minimum atomic E-state index is -0.307. The highest BCUT2D eigenvalue weighted by molar-refractivity contribution is 6.07. The van der Waals surface area contributed by atoms with E-state index in [0.29, 0.717) is 30.2 Å². The third-order valence-corrected chi connectivity index (χ3v) is 4.48. The molecule has 0 spiro atoms. The highest BCUT2D eigenvalue weighted by Gasteiger charge is 2.22. The lowest BCUT2D eigenvalue weighted by atomic mass is 10.1. The fourth-order valence-corrected chi connectivity index (χ4v) is 3.04. The van der Waals surface area contributed by atoms with Gasteiger partial charge >= 0.3 is 0 Å². The number of ether oxygens (including phenoxy) is 2. The Morgan fingerprint density at radius 3 is 2.73 bits per heavy atom. The van der Waals surface area contributed by atoms with Crippen LogP contribution in [0, 0.1) is 20.8 Å². The fraction of sp³-hybridized carbons (Fsp3) is 0.368. The van der Waals surface area contributed by atoms with E-state index in [2.05, 4.69) is 10.4 Å². The van der Waals surface area contributed by atoms with Crippen LogP contribution < -0.4 is 10.1 Å². The molecule has 7 heteroatoms. The van der Waals surface area contributed by atoms with Crippen molar-refractivity contribution >= 4 is 22.6 Å². The average molecular weight is 357 g/mol. The van der Waals surface area contributed by atoms with Gasteiger partial charge in [-0.15, -0.1) is 0 Å². The van der Waals surface area contributed by atoms with Gasteiger partial charge in [-0.05, 0) is 26.8 Å². The maximum absolute atomic E-state index is 12.8. The zero-order valence-corrected chi connectivity index (χ0v) is 15.7. The van der Waals surface area contributed by atoms with Gasteiger partial charge < -0.3 is 19.2 Å². The Kier molecular flexibility index (Phi) is 4.99. The molecular formula is C19H23N3O4. The second-order valence-corrected chi connectivity index (χ2v) is 6.11. The van der Waals surface area contributed by atoms with E-state index in [9.17, 15) is 4.79 Å². The first-order valence-electron chi connectivity index (χ1n) is 8.38. The molecule has 0 saturated carbocycles. The first kappa shape index (κ1) is 18.0. The van der Waals surface area contributed by atoms with Crippen LogP contribution in [0.3, 0.4) is 0 Å². The first-order chi connectivity index (χ1) is 12.5. The predicted octanol–water partition coefficient (Wildman–Crippen LogP) is 3.46. The zero-order chi connectivity index (χ0) is 18.8. The molecule has 0 bridgehead atoms. The predicted molar refractivity (Wildman–Crippen MR) is 99.0 cm³/mol. The summed E-state index contributed by atoms with van der Waals surface area (Å²) in [6, 6.07) is 5.59. The number of nitrogens with zero attached hydrogens (tertiary/aromatic N) is 2. The Balaban J connectivity index is 1.93. The van der Waals surface area contributed by atoms with Gasteiger partial charge in [0.25, 0.3) is 5.91 Å². The summed E-state index contributed by atoms with van der Waals surface area (Å²) >= 11 is 0. The van der Waals surface area contributed by atoms with Crippen LogP contribution in [-0.4, -0.2) is 36.5 Å². The minimum Gasteiger partial charge on any atom is -0.493 e. The lowest BCUT2D eigenvalue weighted by Crippen LogP contribution is -2.14. The van der Waals surface area contributed by atoms with Crippen LogP contribution in [0.15, 0.2) is 22.6 Å². The molecular weight excluding hydrogens is 334 g/mol. The van der Waals surface area contributed by atoms with E-state index in [1.54, 1.807) is 20.3 Å². The molecule has 1 aromatic carbocycles. The Morgan fingerprint density at radius 2 is 2.04 bits per heavy atom. The summed E-state index contributed by atoms with van der Waals surface area (Å²) in [4.78, 5) is 12.8. The fourth-order valence-electron chi connectivity index (χ4n) is 3.04. The number of hydrogen-bond acceptors (Lipinski definition) is 5. The highest BCUT2D eigenvalue weighted by Crippen LogP contribution is 2.33. The second-order valence-electron chi connectivity index (χ2n) is 6.11. The average Bonchev–Trinajstić information content (AvgIpc) is 3.11. The molecule has 2 aromatic heterocycles. The topological polar surface area (TPSA) is 78.5 Å². The SMILES string of the molecule is COCCn1nc(C)c(NC(=O)c2oc3c(OC)cccc3c2C)c1C. The van der Waals surface area contributed by atoms with Gasteiger partial charge in [0.15, 0.2) is 17.1 Å². The van der Waals surface area contributed by atoms with Crippen LogP contribution >= 0.6 is 0 Å². The number of benzene rings is 1. The maximum Gasteiger partial charge on any atom is 0.291 e. The van der Waals surface area contributed by atoms with Crippen molar-refractivity contribution < 1.29 is 18.7 Å². The molecule has 0 fully saturated rings. The number of anilines is 1. The summed E-state index contributed by atoms with van der Waals surface area (Å²) in [5.74, 6) is 0.565. The van der Waals surface area contributed by atoms with Crippen LogP contribution in [0.1, 0.15) is 27.5 Å². The van der Waals surface area contributed by atoms with Gasteiger partial charge in [-0.25, -0.2) is 0 Å². The molecule has 0 aliphatic carbocycles. The van der Waals surface area contributed by atoms with Gasteiger partial charge in [0.2, 0.25) is 0 Å². The van der Waals surface area contributed by atoms with E-state index in [1.165, 1.54) is 0 Å². The smallest absolute Gasteiger partial charge is 0.291 e. The lowest BCUT2D eigenvalue weighted by molar-refractivity contribution is 0.0997. The van der Waals surface area contributed by atoms with Crippen LogP contribution in [0.5, 0.6) is 5.75 Å². The zero-order valence-electron chi connectivity index (χ0n) is 15.7. The normalized spacial score (nSPS) is 11.1. The summed E-state index contributed by atoms with van der Waals surface area (Å²) < 4.78 is 18.1. The number of carbonyl (C=O) groups excluding carboxylic acids is 1. The summed E-state index contributed by atoms with van der Waals surface area (Å²) in [5.41, 5.74) is 3.66. The van der Waals surface area contributed by atoms with Crippen LogP contribution in [0.25, 0.3) is 11.0 Å². The largest absolute Gasteiger partial charge is 0.493 e. The Labute approximate surface area is 151 Å². The molecule has 138 valence electrons. The number of hydrogen-bond donors (Lipinski definition) is 1. The monoisotopic (exact) mass is 357 g/mol. The number of nitrogens with one attached hydrogen (secondary N) is 1. The quantitative estimate of drug-likeness (QED) is 0.731. The van der Waals surface area contributed by atoms with Crippen LogP contribution in [0.4, 0.5) is 5.69 Å². The van der Waals surface area contributed by atoms with E-state index in [-0.39, 0.29) is 11.7 Å². The maximum atomic E-state index is 12.8. The Hall–Kier alpha value is -2.80. The number of carbonyl (C=O) groups is 1. The van der Waals surface area contributed by atoms with E-state index in [1.807, 2.05) is 37.6 Å². The highest BCUT2D eigenvalue weighted by atomic mass is 16.5. The number of fused-ring (bicyclic) bond motifs is 1. The van der Waals surface area contributed by atoms with Crippen LogP contribution in [0.2, 0.25) is 0 Å². The standard InChI is InChI=1S/C19H23N3O4/c1-11-14-7-6-8-15(25-5)18(14)26-17(11)19(23)20-16-12(2)21-22(13(16)3)9-10-24-4/h6-8H,9-10H2,1-5H3,(H,20,23). The molecule has 2 heterocycles. The van der Waals surface area contributed by atoms with Gasteiger partial charge in [0.1, 0.15) is 0 Å². The number of methoxy groups -OCH3 is 2. The molecule has 1 N–H and O–H groups in total. The number of rotatable bonds is 6. The molecule has 3 rings (SSSR count). The molecule has 7 nitrogen and oxygen atoms in total. The van der Waals surface area contributed by atoms with Crippen molar-refractivity contribution in [2.45, 2.75) is 27.3 Å². The number of furan rings is 1. The second kappa shape index (κ2) is 7.21. The van der Waals surface area contributed by atoms with Gasteiger partial charge in [-0.2, -0.15) is 5.10 Å². The number of aryl methyl sites for hydroxylation is 2. The Bertz CT molecular complexity index is 955. The molecule has 1 amide bonds. The summed E-state index contributed by atoms with van der Waals surface area (Å²) in [6.45, 7) is 6.82. The minimum absolute atomic E-state index is 0.271. The van der Waals surface area contributed by atoms with E-state index >= 15 is 0 Å². The van der Waals surface area contributed by atoms with Gasteiger partial charge in [-0.3, -0.25) is 9.48 Å². The molecule has 0 aliphatic rings. The molecule has 0 atom stereocenters. The van der Waals surface area contributed by atoms with Crippen molar-refractivity contribution in [3.8, 4) is 5.75 Å². The van der Waals surface area contributed by atoms with Crippen molar-refractivity contribution in [1.29, 1.82) is 0 Å². The molecule has 0 radical (unpaired) electrons. The number of aromatic nitrogens is 2. The molecule has 3 aromatic rings. The molecule has 0 unspecified atom stereocenters. The van der Waals surface area contributed by atoms with E-state index < -0.39 is 0 Å². The molecule has 0 aliphatic heterocycles. The van der Waals surface area contributed by atoms with E-state index in [4.69, 9.17) is 13.9 Å². The number of para-hydroxylation sites is 1. The number of amides is 1. The molecule has 0 saturated heterocycles. The van der Waals surface area contributed by atoms with Crippen molar-refractivity contribution in [2.75, 3.05) is 26.1 Å². The van der Waals surface area contributed by atoms with Crippen LogP contribution in [-0.2, 0) is 11.3 Å². The van der Waals surface area contributed by atoms with Crippen molar-refractivity contribution in [3.63, 3.8) is 0 Å². The summed E-state index contributed by atoms with van der Waals surface area (Å²) in [6.07, 6.45) is 0. The first-order valence-corrected chi connectivity index (χ1v) is 8.38. The van der Waals surface area contributed by atoms with Crippen molar-refractivity contribution in [3.05, 3.63) is 40.9 Å². The van der Waals surface area contributed by atoms with Gasteiger partial charge in [-0.1, -0.05) is 12.1 Å². The van der Waals surface area contributed by atoms with E-state index in [0.717, 1.165) is 22.3 Å². The third-order valence-electron chi connectivity index (χ3n) is 4.48. The summed E-state index contributed by atoms with van der Waals surface area (Å²) in [5, 5.41) is 8.25. The van der Waals surface area contributed by atoms with Crippen molar-refractivity contribution in [1.82, 2.24) is 9.78 Å².